The van der Waals surface area contributed by atoms with E-state index in [1.165, 1.54) is 16.8 Å². The molecule has 2 aromatic heterocycles. The molecule has 0 radical (unpaired) electrons. The first-order valence-corrected chi connectivity index (χ1v) is 9.14. The zero-order chi connectivity index (χ0) is 20.6. The molecule has 0 saturated carbocycles. The molecule has 6 nitrogen and oxygen atoms in total. The maximum atomic E-state index is 12.9. The van der Waals surface area contributed by atoms with E-state index in [0.717, 1.165) is 28.0 Å². The van der Waals surface area contributed by atoms with Crippen molar-refractivity contribution in [1.29, 1.82) is 0 Å². The van der Waals surface area contributed by atoms with Gasteiger partial charge in [-0.1, -0.05) is 11.6 Å². The molecule has 0 saturated heterocycles. The van der Waals surface area contributed by atoms with Crippen molar-refractivity contribution in [3.8, 4) is 0 Å². The second kappa shape index (κ2) is 7.59. The van der Waals surface area contributed by atoms with E-state index in [4.69, 9.17) is 11.6 Å². The standard InChI is InChI=1S/C17H14BrClF3N5O/c1-9-15(18)10(2)27(24-9)8-26-6-5-14(25-26)16(28)23-11-3-4-13(19)12(7-11)17(20,21)22/h3-7H,8H2,1-2H3,(H,23,28). The zero-order valence-corrected chi connectivity index (χ0v) is 17.0. The Labute approximate surface area is 171 Å². The van der Waals surface area contributed by atoms with Gasteiger partial charge in [-0.2, -0.15) is 23.4 Å². The first-order valence-electron chi connectivity index (χ1n) is 7.97. The van der Waals surface area contributed by atoms with Crippen molar-refractivity contribution in [3.63, 3.8) is 0 Å². The first kappa shape index (κ1) is 20.4. The summed E-state index contributed by atoms with van der Waals surface area (Å²) in [6.45, 7) is 4.03. The minimum Gasteiger partial charge on any atom is -0.321 e. The fourth-order valence-electron chi connectivity index (χ4n) is 2.53. The number of nitrogens with zero attached hydrogens (tertiary/aromatic N) is 4. The van der Waals surface area contributed by atoms with Crippen molar-refractivity contribution >= 4 is 39.1 Å². The summed E-state index contributed by atoms with van der Waals surface area (Å²) in [6, 6.07) is 4.63. The molecule has 2 heterocycles. The van der Waals surface area contributed by atoms with Gasteiger partial charge in [-0.25, -0.2) is 4.68 Å². The monoisotopic (exact) mass is 475 g/mol. The van der Waals surface area contributed by atoms with E-state index in [9.17, 15) is 18.0 Å². The average molecular weight is 477 g/mol. The molecule has 11 heteroatoms. The number of rotatable bonds is 4. The number of hydrogen-bond acceptors (Lipinski definition) is 3. The van der Waals surface area contributed by atoms with E-state index in [1.807, 2.05) is 13.8 Å². The molecule has 0 aliphatic heterocycles. The van der Waals surface area contributed by atoms with Crippen LogP contribution >= 0.6 is 27.5 Å². The van der Waals surface area contributed by atoms with Crippen LogP contribution in [0, 0.1) is 13.8 Å². The molecule has 28 heavy (non-hydrogen) atoms. The summed E-state index contributed by atoms with van der Waals surface area (Å²) < 4.78 is 42.9. The third-order valence-corrected chi connectivity index (χ3v) is 5.45. The van der Waals surface area contributed by atoms with Crippen molar-refractivity contribution in [2.75, 3.05) is 5.32 Å². The number of aromatic nitrogens is 4. The number of halogens is 5. The summed E-state index contributed by atoms with van der Waals surface area (Å²) in [6.07, 6.45) is -3.03. The summed E-state index contributed by atoms with van der Waals surface area (Å²) in [5.41, 5.74) is 0.737. The Morgan fingerprint density at radius 3 is 2.57 bits per heavy atom. The molecular formula is C17H14BrClF3N5O. The predicted octanol–water partition coefficient (Wildman–Crippen LogP) is 4.89. The molecule has 3 aromatic rings. The molecule has 0 spiro atoms. The highest BCUT2D eigenvalue weighted by Gasteiger charge is 2.33. The van der Waals surface area contributed by atoms with Crippen molar-refractivity contribution < 1.29 is 18.0 Å². The SMILES string of the molecule is Cc1nn(Cn2ccc(C(=O)Nc3ccc(Cl)c(C(F)(F)F)c3)n2)c(C)c1Br. The van der Waals surface area contributed by atoms with Crippen molar-refractivity contribution in [3.05, 3.63) is 62.6 Å². The van der Waals surface area contributed by atoms with Gasteiger partial charge in [0.15, 0.2) is 5.69 Å². The molecule has 148 valence electrons. The molecule has 0 bridgehead atoms. The molecule has 0 fully saturated rings. The van der Waals surface area contributed by atoms with Gasteiger partial charge in [0, 0.05) is 11.9 Å². The van der Waals surface area contributed by atoms with Gasteiger partial charge in [-0.15, -0.1) is 0 Å². The highest BCUT2D eigenvalue weighted by Crippen LogP contribution is 2.36. The van der Waals surface area contributed by atoms with Crippen LogP contribution in [0.5, 0.6) is 0 Å². The summed E-state index contributed by atoms with van der Waals surface area (Å²) in [5, 5.41) is 10.5. The average Bonchev–Trinajstić information content (AvgIpc) is 3.17. The second-order valence-corrected chi connectivity index (χ2v) is 7.21. The van der Waals surface area contributed by atoms with E-state index in [0.29, 0.717) is 0 Å². The highest BCUT2D eigenvalue weighted by molar-refractivity contribution is 9.10. The van der Waals surface area contributed by atoms with Gasteiger partial charge in [-0.05, 0) is 54.0 Å². The van der Waals surface area contributed by atoms with E-state index >= 15 is 0 Å². The Morgan fingerprint density at radius 2 is 1.96 bits per heavy atom. The number of aryl methyl sites for hydroxylation is 1. The van der Waals surface area contributed by atoms with Crippen molar-refractivity contribution in [2.24, 2.45) is 0 Å². The van der Waals surface area contributed by atoms with Crippen LogP contribution in [0.2, 0.25) is 5.02 Å². The van der Waals surface area contributed by atoms with Gasteiger partial charge >= 0.3 is 6.18 Å². The lowest BCUT2D eigenvalue weighted by Crippen LogP contribution is -2.16. The van der Waals surface area contributed by atoms with Crippen LogP contribution < -0.4 is 5.32 Å². The molecule has 0 aliphatic rings. The molecule has 0 atom stereocenters. The van der Waals surface area contributed by atoms with Crippen LogP contribution in [-0.2, 0) is 12.8 Å². The smallest absolute Gasteiger partial charge is 0.321 e. The van der Waals surface area contributed by atoms with Crippen LogP contribution in [0.3, 0.4) is 0 Å². The van der Waals surface area contributed by atoms with E-state index in [2.05, 4.69) is 31.4 Å². The molecule has 0 unspecified atom stereocenters. The second-order valence-electron chi connectivity index (χ2n) is 6.01. The molecule has 1 N–H and O–H groups in total. The fourth-order valence-corrected chi connectivity index (χ4v) is 3.04. The predicted molar refractivity (Wildman–Crippen MR) is 101 cm³/mol. The normalized spacial score (nSPS) is 11.7. The molecule has 0 aliphatic carbocycles. The van der Waals surface area contributed by atoms with Crippen LogP contribution in [-0.4, -0.2) is 25.5 Å². The Kier molecular flexibility index (Phi) is 5.53. The first-order chi connectivity index (χ1) is 13.1. The highest BCUT2D eigenvalue weighted by atomic mass is 79.9. The number of anilines is 1. The summed E-state index contributed by atoms with van der Waals surface area (Å²) in [7, 11) is 0. The summed E-state index contributed by atoms with van der Waals surface area (Å²) in [5.74, 6) is -0.635. The van der Waals surface area contributed by atoms with Crippen LogP contribution in [0.1, 0.15) is 27.4 Å². The largest absolute Gasteiger partial charge is 0.417 e. The minimum absolute atomic E-state index is 0.0289. The van der Waals surface area contributed by atoms with Gasteiger partial charge in [-0.3, -0.25) is 9.48 Å². The fraction of sp³-hybridized carbons (Fsp3) is 0.235. The van der Waals surface area contributed by atoms with E-state index < -0.39 is 22.7 Å². The maximum absolute atomic E-state index is 12.9. The number of carbonyl (C=O) groups is 1. The van der Waals surface area contributed by atoms with E-state index in [-0.39, 0.29) is 18.1 Å². The van der Waals surface area contributed by atoms with Crippen LogP contribution in [0.15, 0.2) is 34.9 Å². The number of alkyl halides is 3. The third kappa shape index (κ3) is 4.22. The third-order valence-electron chi connectivity index (χ3n) is 3.97. The van der Waals surface area contributed by atoms with E-state index in [1.54, 1.807) is 10.9 Å². The zero-order valence-electron chi connectivity index (χ0n) is 14.7. The molecular weight excluding hydrogens is 463 g/mol. The topological polar surface area (TPSA) is 64.7 Å². The molecule has 3 rings (SSSR count). The number of benzene rings is 1. The van der Waals surface area contributed by atoms with Gasteiger partial charge in [0.25, 0.3) is 5.91 Å². The van der Waals surface area contributed by atoms with Gasteiger partial charge in [0.2, 0.25) is 0 Å². The molecule has 1 amide bonds. The number of hydrogen-bond donors (Lipinski definition) is 1. The summed E-state index contributed by atoms with van der Waals surface area (Å²) >= 11 is 9.02. The van der Waals surface area contributed by atoms with Gasteiger partial charge in [0.1, 0.15) is 6.67 Å². The molecule has 1 aromatic carbocycles. The number of amides is 1. The van der Waals surface area contributed by atoms with Crippen molar-refractivity contribution in [1.82, 2.24) is 19.6 Å². The summed E-state index contributed by atoms with van der Waals surface area (Å²) in [4.78, 5) is 12.3. The quantitative estimate of drug-likeness (QED) is 0.583. The lowest BCUT2D eigenvalue weighted by Gasteiger charge is -2.11. The Morgan fingerprint density at radius 1 is 1.25 bits per heavy atom. The lowest BCUT2D eigenvalue weighted by atomic mass is 10.2. The Hall–Kier alpha value is -2.33. The minimum atomic E-state index is -4.62. The Balaban J connectivity index is 1.75. The maximum Gasteiger partial charge on any atom is 0.417 e. The van der Waals surface area contributed by atoms with Crippen molar-refractivity contribution in [2.45, 2.75) is 26.7 Å². The number of carbonyl (C=O) groups excluding carboxylic acids is 1. The van der Waals surface area contributed by atoms with Crippen LogP contribution in [0.25, 0.3) is 0 Å². The van der Waals surface area contributed by atoms with Crippen LogP contribution in [0.4, 0.5) is 18.9 Å². The van der Waals surface area contributed by atoms with Gasteiger partial charge < -0.3 is 5.32 Å². The van der Waals surface area contributed by atoms with Gasteiger partial charge in [0.05, 0.1) is 26.4 Å². The number of nitrogens with one attached hydrogen (secondary N) is 1. The lowest BCUT2D eigenvalue weighted by molar-refractivity contribution is -0.137. The Bertz CT molecular complexity index is 1040.